The van der Waals surface area contributed by atoms with Crippen molar-refractivity contribution in [1.82, 2.24) is 19.9 Å². The molecule has 0 spiro atoms. The van der Waals surface area contributed by atoms with Crippen LogP contribution in [-0.2, 0) is 4.74 Å². The number of carbonyl (C=O) groups excluding carboxylic acids is 1. The average Bonchev–Trinajstić information content (AvgIpc) is 3.39. The number of rotatable bonds is 5. The van der Waals surface area contributed by atoms with Gasteiger partial charge in [0.15, 0.2) is 23.8 Å². The van der Waals surface area contributed by atoms with Gasteiger partial charge >= 0.3 is 6.09 Å². The molecule has 4 heterocycles. The van der Waals surface area contributed by atoms with Gasteiger partial charge in [-0.2, -0.15) is 0 Å². The van der Waals surface area contributed by atoms with Crippen LogP contribution >= 0.6 is 0 Å². The van der Waals surface area contributed by atoms with E-state index in [9.17, 15) is 4.79 Å². The van der Waals surface area contributed by atoms with Crippen LogP contribution < -0.4 is 15.0 Å². The molecular weight excluding hydrogens is 436 g/mol. The summed E-state index contributed by atoms with van der Waals surface area (Å²) in [5.74, 6) is 2.77. The van der Waals surface area contributed by atoms with Gasteiger partial charge in [-0.1, -0.05) is 0 Å². The van der Waals surface area contributed by atoms with Crippen molar-refractivity contribution in [1.29, 1.82) is 0 Å². The first-order chi connectivity index (χ1) is 16.6. The molecule has 10 nitrogen and oxygen atoms in total. The summed E-state index contributed by atoms with van der Waals surface area (Å²) >= 11 is 0. The van der Waals surface area contributed by atoms with E-state index in [0.717, 1.165) is 36.5 Å². The number of hydrogen-bond acceptors (Lipinski definition) is 9. The van der Waals surface area contributed by atoms with Crippen molar-refractivity contribution in [2.24, 2.45) is 0 Å². The number of hydrogen-bond donors (Lipinski definition) is 1. The summed E-state index contributed by atoms with van der Waals surface area (Å²) in [5, 5.41) is 3.35. The molecule has 0 saturated carbocycles. The molecule has 5 rings (SSSR count). The van der Waals surface area contributed by atoms with E-state index < -0.39 is 0 Å². The fraction of sp³-hybridized carbons (Fsp3) is 0.417. The van der Waals surface area contributed by atoms with Crippen molar-refractivity contribution in [3.05, 3.63) is 43.2 Å². The van der Waals surface area contributed by atoms with Crippen molar-refractivity contribution in [3.8, 4) is 17.1 Å². The van der Waals surface area contributed by atoms with Gasteiger partial charge in [-0.3, -0.25) is 0 Å². The number of likely N-dealkylation sites (tertiary alicyclic amines) is 1. The Morgan fingerprint density at radius 3 is 2.65 bits per heavy atom. The number of oxazole rings is 1. The van der Waals surface area contributed by atoms with Gasteiger partial charge in [-0.25, -0.2) is 19.7 Å². The first-order valence-corrected chi connectivity index (χ1v) is 11.5. The number of carbonyl (C=O) groups is 1. The average molecular weight is 465 g/mol. The minimum atomic E-state index is -0.237. The van der Waals surface area contributed by atoms with Crippen LogP contribution in [0.15, 0.2) is 47.6 Å². The van der Waals surface area contributed by atoms with Gasteiger partial charge in [0, 0.05) is 30.4 Å². The van der Waals surface area contributed by atoms with E-state index in [-0.39, 0.29) is 18.2 Å². The van der Waals surface area contributed by atoms with Crippen LogP contribution in [0.25, 0.3) is 11.3 Å². The molecule has 3 aromatic rings. The summed E-state index contributed by atoms with van der Waals surface area (Å²) in [6.45, 7) is 6.36. The Morgan fingerprint density at radius 1 is 1.15 bits per heavy atom. The van der Waals surface area contributed by atoms with Crippen molar-refractivity contribution in [2.75, 3.05) is 36.5 Å². The Hall–Kier alpha value is -3.82. The minimum Gasteiger partial charge on any atom is -0.485 e. The number of nitrogens with one attached hydrogen (secondary N) is 1. The van der Waals surface area contributed by atoms with Crippen molar-refractivity contribution in [3.63, 3.8) is 0 Å². The predicted octanol–water partition coefficient (Wildman–Crippen LogP) is 4.08. The lowest BCUT2D eigenvalue weighted by Gasteiger charge is -2.41. The molecule has 10 heteroatoms. The highest BCUT2D eigenvalue weighted by Crippen LogP contribution is 2.38. The smallest absolute Gasteiger partial charge is 0.410 e. The second-order valence-corrected chi connectivity index (χ2v) is 8.64. The number of nitrogens with zero attached hydrogens (tertiary/aromatic N) is 5. The van der Waals surface area contributed by atoms with E-state index in [1.807, 2.05) is 38.1 Å². The van der Waals surface area contributed by atoms with Gasteiger partial charge < -0.3 is 29.0 Å². The van der Waals surface area contributed by atoms with Crippen LogP contribution in [0.5, 0.6) is 5.75 Å². The van der Waals surface area contributed by atoms with Gasteiger partial charge in [-0.15, -0.1) is 0 Å². The Balaban J connectivity index is 1.28. The van der Waals surface area contributed by atoms with Crippen LogP contribution in [0.1, 0.15) is 26.7 Å². The summed E-state index contributed by atoms with van der Waals surface area (Å²) in [6.07, 6.45) is 6.00. The minimum absolute atomic E-state index is 0.114. The molecule has 2 aliphatic heterocycles. The molecule has 1 saturated heterocycles. The van der Waals surface area contributed by atoms with E-state index in [1.165, 1.54) is 6.39 Å². The molecule has 1 amide bonds. The summed E-state index contributed by atoms with van der Waals surface area (Å²) < 4.78 is 16.7. The number of amides is 1. The second kappa shape index (κ2) is 9.58. The number of piperidine rings is 1. The highest BCUT2D eigenvalue weighted by molar-refractivity contribution is 5.72. The van der Waals surface area contributed by atoms with Crippen molar-refractivity contribution in [2.45, 2.75) is 38.8 Å². The zero-order valence-electron chi connectivity index (χ0n) is 19.3. The maximum absolute atomic E-state index is 12.2. The van der Waals surface area contributed by atoms with E-state index in [0.29, 0.717) is 37.0 Å². The Kier molecular flexibility index (Phi) is 6.20. The second-order valence-electron chi connectivity index (χ2n) is 8.64. The normalized spacial score (nSPS) is 16.2. The molecule has 34 heavy (non-hydrogen) atoms. The van der Waals surface area contributed by atoms with Crippen molar-refractivity contribution < 1.29 is 18.7 Å². The monoisotopic (exact) mass is 464 g/mol. The van der Waals surface area contributed by atoms with Crippen LogP contribution in [0.3, 0.4) is 0 Å². The van der Waals surface area contributed by atoms with Gasteiger partial charge in [0.1, 0.15) is 12.9 Å². The summed E-state index contributed by atoms with van der Waals surface area (Å²) in [6, 6.07) is 8.11. The van der Waals surface area contributed by atoms with Crippen LogP contribution in [0.2, 0.25) is 0 Å². The Labute approximate surface area is 197 Å². The number of anilines is 3. The molecule has 178 valence electrons. The van der Waals surface area contributed by atoms with Crippen LogP contribution in [0.4, 0.5) is 22.1 Å². The third kappa shape index (κ3) is 4.61. The molecule has 0 atom stereocenters. The quantitative estimate of drug-likeness (QED) is 0.598. The molecule has 0 aliphatic carbocycles. The van der Waals surface area contributed by atoms with Gasteiger partial charge in [0.2, 0.25) is 5.75 Å². The summed E-state index contributed by atoms with van der Waals surface area (Å²) in [5.41, 5.74) is 1.82. The molecule has 0 radical (unpaired) electrons. The van der Waals surface area contributed by atoms with E-state index in [1.54, 1.807) is 17.4 Å². The lowest BCUT2D eigenvalue weighted by molar-refractivity contribution is 0.0687. The third-order valence-corrected chi connectivity index (χ3v) is 6.00. The fourth-order valence-electron chi connectivity index (χ4n) is 4.35. The zero-order valence-corrected chi connectivity index (χ0v) is 19.3. The number of ether oxygens (including phenoxy) is 2. The molecular formula is C24H28N6O4. The molecule has 0 unspecified atom stereocenters. The maximum atomic E-state index is 12.2. The number of benzene rings is 1. The first kappa shape index (κ1) is 22.0. The lowest BCUT2D eigenvalue weighted by Crippen LogP contribution is -2.49. The molecule has 0 bridgehead atoms. The fourth-order valence-corrected chi connectivity index (χ4v) is 4.35. The number of aromatic nitrogens is 3. The summed E-state index contributed by atoms with van der Waals surface area (Å²) in [7, 11) is 0. The standard InChI is InChI=1S/C24H28N6O4/c1-16(2)34-24(31)29-9-7-19(8-10-29)30-11-12-32-21-22(26-14-27-23(21)30)28-18-5-3-17(4-6-18)20-13-25-15-33-20/h3-6,13-16,19H,7-12H2,1-2H3,(H,26,27,28). The highest BCUT2D eigenvalue weighted by atomic mass is 16.6. The van der Waals surface area contributed by atoms with E-state index in [2.05, 4.69) is 25.2 Å². The largest absolute Gasteiger partial charge is 0.485 e. The third-order valence-electron chi connectivity index (χ3n) is 6.00. The van der Waals surface area contributed by atoms with E-state index in [4.69, 9.17) is 13.9 Å². The zero-order chi connectivity index (χ0) is 23.5. The lowest BCUT2D eigenvalue weighted by atomic mass is 10.0. The SMILES string of the molecule is CC(C)OC(=O)N1CCC(N2CCOc3c(Nc4ccc(-c5cnco5)cc4)ncnc32)CC1. The molecule has 2 aromatic heterocycles. The Morgan fingerprint density at radius 2 is 1.94 bits per heavy atom. The molecule has 1 N–H and O–H groups in total. The topological polar surface area (TPSA) is 106 Å². The number of fused-ring (bicyclic) bond motifs is 1. The van der Waals surface area contributed by atoms with Gasteiger partial charge in [0.25, 0.3) is 0 Å². The van der Waals surface area contributed by atoms with E-state index >= 15 is 0 Å². The van der Waals surface area contributed by atoms with Gasteiger partial charge in [0.05, 0.1) is 18.8 Å². The maximum Gasteiger partial charge on any atom is 0.410 e. The van der Waals surface area contributed by atoms with Crippen molar-refractivity contribution >= 4 is 23.4 Å². The summed E-state index contributed by atoms with van der Waals surface area (Å²) in [4.78, 5) is 29.2. The van der Waals surface area contributed by atoms with Crippen LogP contribution in [-0.4, -0.2) is 64.3 Å². The Bertz CT molecular complexity index is 1110. The molecule has 1 aromatic carbocycles. The predicted molar refractivity (Wildman–Crippen MR) is 126 cm³/mol. The molecule has 1 fully saturated rings. The van der Waals surface area contributed by atoms with Crippen LogP contribution in [0, 0.1) is 0 Å². The van der Waals surface area contributed by atoms with Gasteiger partial charge in [-0.05, 0) is 51.0 Å². The highest BCUT2D eigenvalue weighted by Gasteiger charge is 2.33. The molecule has 2 aliphatic rings. The first-order valence-electron chi connectivity index (χ1n) is 11.5.